The smallest absolute Gasteiger partial charge is 0.408 e. The molecule has 0 aromatic heterocycles. The number of carbonyl (C=O) groups is 1. The molecule has 7 nitrogen and oxygen atoms in total. The number of methoxy groups -OCH3 is 1. The molecule has 0 radical (unpaired) electrons. The Kier molecular flexibility index (Phi) is 11.0. The van der Waals surface area contributed by atoms with Crippen molar-refractivity contribution in [1.29, 1.82) is 0 Å². The topological polar surface area (TPSA) is 84.0 Å². The molecule has 1 rings (SSSR count). The fourth-order valence-corrected chi connectivity index (χ4v) is 2.52. The standard InChI is InChI=1S/C19H38N4O3.HI/c1-8-20-15(22-14-19(9-10-19)11-12-25-7)21-13-18(5,6)23-16(24)26-17(2,3)4;/h8-14H2,1-7H3,(H,23,24)(H2,20,21,22);1H. The van der Waals surface area contributed by atoms with Gasteiger partial charge in [-0.3, -0.25) is 4.99 Å². The lowest BCUT2D eigenvalue weighted by molar-refractivity contribution is 0.0476. The molecule has 0 spiro atoms. The number of nitrogens with one attached hydrogen (secondary N) is 3. The first-order chi connectivity index (χ1) is 12.0. The summed E-state index contributed by atoms with van der Waals surface area (Å²) < 4.78 is 10.5. The predicted octanol–water partition coefficient (Wildman–Crippen LogP) is 3.28. The maximum absolute atomic E-state index is 12.0. The number of rotatable bonds is 9. The highest BCUT2D eigenvalue weighted by molar-refractivity contribution is 14.0. The van der Waals surface area contributed by atoms with Gasteiger partial charge in [0.25, 0.3) is 0 Å². The number of alkyl carbamates (subject to hydrolysis) is 1. The summed E-state index contributed by atoms with van der Waals surface area (Å²) in [6, 6.07) is 0. The molecule has 1 aliphatic rings. The Morgan fingerprint density at radius 1 is 1.15 bits per heavy atom. The van der Waals surface area contributed by atoms with Gasteiger partial charge >= 0.3 is 6.09 Å². The summed E-state index contributed by atoms with van der Waals surface area (Å²) in [5, 5.41) is 9.59. The number of aliphatic imine (C=N–C) groups is 1. The van der Waals surface area contributed by atoms with E-state index in [1.54, 1.807) is 7.11 Å². The molecule has 0 saturated heterocycles. The van der Waals surface area contributed by atoms with E-state index in [2.05, 4.69) is 20.9 Å². The molecule has 8 heteroatoms. The fourth-order valence-electron chi connectivity index (χ4n) is 2.52. The molecule has 160 valence electrons. The van der Waals surface area contributed by atoms with Crippen molar-refractivity contribution in [3.63, 3.8) is 0 Å². The number of carbonyl (C=O) groups excluding carboxylic acids is 1. The van der Waals surface area contributed by atoms with Crippen LogP contribution in [-0.4, -0.2) is 56.5 Å². The second-order valence-electron chi connectivity index (χ2n) is 8.80. The van der Waals surface area contributed by atoms with Crippen molar-refractivity contribution in [3.8, 4) is 0 Å². The van der Waals surface area contributed by atoms with Crippen molar-refractivity contribution < 1.29 is 14.3 Å². The zero-order valence-corrected chi connectivity index (χ0v) is 20.4. The van der Waals surface area contributed by atoms with Crippen LogP contribution < -0.4 is 16.0 Å². The van der Waals surface area contributed by atoms with Crippen molar-refractivity contribution in [2.45, 2.75) is 71.9 Å². The summed E-state index contributed by atoms with van der Waals surface area (Å²) >= 11 is 0. The lowest BCUT2D eigenvalue weighted by Crippen LogP contribution is -2.49. The largest absolute Gasteiger partial charge is 0.444 e. The number of hydrogen-bond donors (Lipinski definition) is 3. The van der Waals surface area contributed by atoms with Gasteiger partial charge in [-0.15, -0.1) is 24.0 Å². The average molecular weight is 498 g/mol. The second-order valence-corrected chi connectivity index (χ2v) is 8.80. The van der Waals surface area contributed by atoms with E-state index in [0.717, 1.165) is 32.1 Å². The van der Waals surface area contributed by atoms with Crippen LogP contribution in [0.5, 0.6) is 0 Å². The summed E-state index contributed by atoms with van der Waals surface area (Å²) in [4.78, 5) is 16.6. The van der Waals surface area contributed by atoms with Crippen LogP contribution in [-0.2, 0) is 9.47 Å². The van der Waals surface area contributed by atoms with Crippen LogP contribution in [0.4, 0.5) is 4.79 Å². The first-order valence-electron chi connectivity index (χ1n) is 9.53. The molecule has 0 bridgehead atoms. The Hall–Kier alpha value is -0.770. The van der Waals surface area contributed by atoms with E-state index in [0.29, 0.717) is 12.0 Å². The minimum Gasteiger partial charge on any atom is -0.444 e. The first kappa shape index (κ1) is 26.2. The van der Waals surface area contributed by atoms with Gasteiger partial charge in [-0.25, -0.2) is 4.79 Å². The summed E-state index contributed by atoms with van der Waals surface area (Å²) in [6.45, 7) is 14.4. The van der Waals surface area contributed by atoms with Crippen LogP contribution in [0.3, 0.4) is 0 Å². The molecule has 0 aliphatic heterocycles. The van der Waals surface area contributed by atoms with Crippen LogP contribution >= 0.6 is 24.0 Å². The molecule has 0 atom stereocenters. The Bertz CT molecular complexity index is 486. The summed E-state index contributed by atoms with van der Waals surface area (Å²) in [5.41, 5.74) is -0.671. The van der Waals surface area contributed by atoms with E-state index in [9.17, 15) is 4.79 Å². The number of guanidine groups is 1. The van der Waals surface area contributed by atoms with Gasteiger partial charge in [0.05, 0.1) is 12.1 Å². The van der Waals surface area contributed by atoms with E-state index >= 15 is 0 Å². The summed E-state index contributed by atoms with van der Waals surface area (Å²) in [6.07, 6.45) is 3.11. The minimum atomic E-state index is -0.513. The van der Waals surface area contributed by atoms with Crippen LogP contribution in [0.25, 0.3) is 0 Å². The van der Waals surface area contributed by atoms with Crippen LogP contribution in [0.1, 0.15) is 60.8 Å². The number of halogens is 1. The molecule has 0 aromatic carbocycles. The second kappa shape index (κ2) is 11.3. The third-order valence-corrected chi connectivity index (χ3v) is 4.24. The maximum Gasteiger partial charge on any atom is 0.408 e. The number of hydrogen-bond acceptors (Lipinski definition) is 4. The Balaban J connectivity index is 0.00000676. The van der Waals surface area contributed by atoms with Crippen molar-refractivity contribution in [3.05, 3.63) is 0 Å². The van der Waals surface area contributed by atoms with Crippen LogP contribution in [0, 0.1) is 5.41 Å². The lowest BCUT2D eigenvalue weighted by atomic mass is 10.0. The SMILES string of the molecule is CCNC(=NCC(C)(C)NC(=O)OC(C)(C)C)NCC1(CCOC)CC1.I. The number of nitrogens with zero attached hydrogens (tertiary/aromatic N) is 1. The highest BCUT2D eigenvalue weighted by Crippen LogP contribution is 2.48. The zero-order valence-electron chi connectivity index (χ0n) is 18.0. The molecule has 1 fully saturated rings. The maximum atomic E-state index is 12.0. The van der Waals surface area contributed by atoms with Crippen molar-refractivity contribution in [1.82, 2.24) is 16.0 Å². The minimum absolute atomic E-state index is 0. The third kappa shape index (κ3) is 11.6. The van der Waals surface area contributed by atoms with Gasteiger partial charge in [0.15, 0.2) is 5.96 Å². The van der Waals surface area contributed by atoms with Gasteiger partial charge in [0, 0.05) is 26.8 Å². The number of ether oxygens (including phenoxy) is 2. The monoisotopic (exact) mass is 498 g/mol. The molecule has 0 aromatic rings. The molecular formula is C19H39IN4O3. The summed E-state index contributed by atoms with van der Waals surface area (Å²) in [5.74, 6) is 0.773. The van der Waals surface area contributed by atoms with Gasteiger partial charge in [-0.05, 0) is 66.2 Å². The lowest BCUT2D eigenvalue weighted by Gasteiger charge is -2.27. The highest BCUT2D eigenvalue weighted by atomic mass is 127. The van der Waals surface area contributed by atoms with Gasteiger partial charge in [0.1, 0.15) is 5.60 Å². The molecule has 27 heavy (non-hydrogen) atoms. The van der Waals surface area contributed by atoms with Gasteiger partial charge in [0.2, 0.25) is 0 Å². The number of amides is 1. The summed E-state index contributed by atoms with van der Waals surface area (Å²) in [7, 11) is 1.74. The molecule has 3 N–H and O–H groups in total. The Labute approximate surface area is 181 Å². The molecular weight excluding hydrogens is 459 g/mol. The molecule has 1 saturated carbocycles. The molecule has 0 heterocycles. The highest BCUT2D eigenvalue weighted by Gasteiger charge is 2.41. The van der Waals surface area contributed by atoms with Gasteiger partial charge in [-0.2, -0.15) is 0 Å². The average Bonchev–Trinajstić information content (AvgIpc) is 3.26. The van der Waals surface area contributed by atoms with Crippen molar-refractivity contribution in [2.24, 2.45) is 10.4 Å². The van der Waals surface area contributed by atoms with Crippen molar-refractivity contribution >= 4 is 36.0 Å². The quantitative estimate of drug-likeness (QED) is 0.258. The zero-order chi connectivity index (χ0) is 19.8. The Morgan fingerprint density at radius 2 is 1.78 bits per heavy atom. The van der Waals surface area contributed by atoms with Crippen LogP contribution in [0.15, 0.2) is 4.99 Å². The van der Waals surface area contributed by atoms with Crippen LogP contribution in [0.2, 0.25) is 0 Å². The van der Waals surface area contributed by atoms with E-state index in [1.807, 2.05) is 41.5 Å². The molecule has 1 amide bonds. The van der Waals surface area contributed by atoms with E-state index in [1.165, 1.54) is 12.8 Å². The van der Waals surface area contributed by atoms with E-state index in [4.69, 9.17) is 9.47 Å². The van der Waals surface area contributed by atoms with Crippen molar-refractivity contribution in [2.75, 3.05) is 33.4 Å². The van der Waals surface area contributed by atoms with Gasteiger partial charge in [-0.1, -0.05) is 0 Å². The molecule has 1 aliphatic carbocycles. The van der Waals surface area contributed by atoms with Gasteiger partial charge < -0.3 is 25.4 Å². The first-order valence-corrected chi connectivity index (χ1v) is 9.53. The predicted molar refractivity (Wildman–Crippen MR) is 121 cm³/mol. The Morgan fingerprint density at radius 3 is 2.26 bits per heavy atom. The normalized spacial score (nSPS) is 16.2. The van der Waals surface area contributed by atoms with E-state index < -0.39 is 17.2 Å². The fraction of sp³-hybridized carbons (Fsp3) is 0.895. The third-order valence-electron chi connectivity index (χ3n) is 4.24. The van der Waals surface area contributed by atoms with E-state index in [-0.39, 0.29) is 24.0 Å². The molecule has 0 unspecified atom stereocenters.